The molecule has 0 aliphatic rings. The Balaban J connectivity index is 2.04. The number of aliphatic hydroxyl groups is 1. The lowest BCUT2D eigenvalue weighted by Crippen LogP contribution is -2.11. The number of alkyl halides is 3. The third kappa shape index (κ3) is 4.46. The molecule has 2 aromatic heterocycles. The number of nitrogens with zero attached hydrogens (tertiary/aromatic N) is 4. The van der Waals surface area contributed by atoms with E-state index in [4.69, 9.17) is 5.73 Å². The Morgan fingerprint density at radius 1 is 0.929 bits per heavy atom. The molecule has 3 aromatic rings. The van der Waals surface area contributed by atoms with Crippen molar-refractivity contribution < 1.29 is 27.1 Å². The molecule has 0 unspecified atom stereocenters. The van der Waals surface area contributed by atoms with E-state index in [-0.39, 0.29) is 34.7 Å². The van der Waals surface area contributed by atoms with Crippen molar-refractivity contribution in [3.8, 4) is 11.5 Å². The van der Waals surface area contributed by atoms with Gasteiger partial charge in [-0.3, -0.25) is 0 Å². The lowest BCUT2D eigenvalue weighted by molar-refractivity contribution is -0.141. The van der Waals surface area contributed by atoms with Crippen molar-refractivity contribution in [1.29, 1.82) is 0 Å². The predicted octanol–water partition coefficient (Wildman–Crippen LogP) is 3.05. The zero-order chi connectivity index (χ0) is 20.5. The number of aliphatic hydroxyl groups excluding tert-OH is 1. The molecule has 0 aliphatic heterocycles. The van der Waals surface area contributed by atoms with Gasteiger partial charge in [0.25, 0.3) is 0 Å². The van der Waals surface area contributed by atoms with Crippen molar-refractivity contribution >= 4 is 17.6 Å². The standard InChI is InChI=1S/C16H11F5N6O/c17-8-3-9(18)5-10(4-8)23-15-26-13(25-14(22)27-15)11-1-7(6-28)2-12(24-11)16(19,20)21/h1-5,28H,6H2,(H3,22,23,25,26,27). The fraction of sp³-hybridized carbons (Fsp3) is 0.125. The zero-order valence-electron chi connectivity index (χ0n) is 13.8. The van der Waals surface area contributed by atoms with Crippen LogP contribution >= 0.6 is 0 Å². The number of nitrogens with one attached hydrogen (secondary N) is 1. The molecule has 7 nitrogen and oxygen atoms in total. The van der Waals surface area contributed by atoms with Crippen molar-refractivity contribution in [2.45, 2.75) is 12.8 Å². The van der Waals surface area contributed by atoms with Gasteiger partial charge in [0.1, 0.15) is 23.0 Å². The Hall–Kier alpha value is -3.41. The molecule has 1 aromatic carbocycles. The highest BCUT2D eigenvalue weighted by atomic mass is 19.4. The highest BCUT2D eigenvalue weighted by molar-refractivity contribution is 5.59. The first kappa shape index (κ1) is 19.4. The average molecular weight is 398 g/mol. The topological polar surface area (TPSA) is 110 Å². The maximum Gasteiger partial charge on any atom is 0.433 e. The molecule has 0 atom stereocenters. The highest BCUT2D eigenvalue weighted by Crippen LogP contribution is 2.30. The Kier molecular flexibility index (Phi) is 5.05. The van der Waals surface area contributed by atoms with Crippen LogP contribution in [-0.4, -0.2) is 25.0 Å². The van der Waals surface area contributed by atoms with Gasteiger partial charge in [-0.1, -0.05) is 0 Å². The van der Waals surface area contributed by atoms with E-state index in [2.05, 4.69) is 25.3 Å². The Bertz CT molecular complexity index is 1010. The normalized spacial score (nSPS) is 11.5. The first-order valence-electron chi connectivity index (χ1n) is 7.58. The quantitative estimate of drug-likeness (QED) is 0.580. The molecule has 2 heterocycles. The van der Waals surface area contributed by atoms with E-state index < -0.39 is 30.1 Å². The van der Waals surface area contributed by atoms with Crippen molar-refractivity contribution in [2.75, 3.05) is 11.1 Å². The summed E-state index contributed by atoms with van der Waals surface area (Å²) in [6.07, 6.45) is -4.77. The summed E-state index contributed by atoms with van der Waals surface area (Å²) in [4.78, 5) is 14.8. The summed E-state index contributed by atoms with van der Waals surface area (Å²) in [7, 11) is 0. The van der Waals surface area contributed by atoms with E-state index in [1.807, 2.05) is 0 Å². The fourth-order valence-corrected chi connectivity index (χ4v) is 2.26. The van der Waals surface area contributed by atoms with Crippen LogP contribution in [0, 0.1) is 11.6 Å². The van der Waals surface area contributed by atoms with Crippen molar-refractivity contribution in [3.05, 3.63) is 53.2 Å². The van der Waals surface area contributed by atoms with Gasteiger partial charge in [-0.25, -0.2) is 13.8 Å². The number of rotatable bonds is 4. The number of hydrogen-bond acceptors (Lipinski definition) is 7. The molecule has 0 bridgehead atoms. The Morgan fingerprint density at radius 3 is 2.21 bits per heavy atom. The van der Waals surface area contributed by atoms with Crippen molar-refractivity contribution in [1.82, 2.24) is 19.9 Å². The molecule has 4 N–H and O–H groups in total. The summed E-state index contributed by atoms with van der Waals surface area (Å²) >= 11 is 0. The number of benzene rings is 1. The maximum absolute atomic E-state index is 13.3. The maximum atomic E-state index is 13.3. The fourth-order valence-electron chi connectivity index (χ4n) is 2.26. The minimum Gasteiger partial charge on any atom is -0.392 e. The molecule has 0 radical (unpaired) electrons. The van der Waals surface area contributed by atoms with Gasteiger partial charge in [0.15, 0.2) is 5.82 Å². The summed E-state index contributed by atoms with van der Waals surface area (Å²) in [5.74, 6) is -2.69. The lowest BCUT2D eigenvalue weighted by Gasteiger charge is -2.11. The Morgan fingerprint density at radius 2 is 1.61 bits per heavy atom. The molecule has 0 fully saturated rings. The van der Waals surface area contributed by atoms with Crippen LogP contribution in [0.4, 0.5) is 39.5 Å². The van der Waals surface area contributed by atoms with Crippen molar-refractivity contribution in [2.24, 2.45) is 0 Å². The summed E-state index contributed by atoms with van der Waals surface area (Å²) in [6, 6.07) is 4.39. The van der Waals surface area contributed by atoms with Gasteiger partial charge >= 0.3 is 6.18 Å². The molecule has 0 saturated carbocycles. The van der Waals surface area contributed by atoms with Crippen LogP contribution in [0.2, 0.25) is 0 Å². The molecule has 28 heavy (non-hydrogen) atoms. The van der Waals surface area contributed by atoms with Crippen LogP contribution in [0.25, 0.3) is 11.5 Å². The molecule has 12 heteroatoms. The number of hydrogen-bond donors (Lipinski definition) is 3. The number of nitrogen functional groups attached to an aromatic ring is 1. The second-order valence-electron chi connectivity index (χ2n) is 5.53. The minimum atomic E-state index is -4.77. The molecular formula is C16H11F5N6O. The number of anilines is 3. The van der Waals surface area contributed by atoms with Gasteiger partial charge in [0, 0.05) is 11.8 Å². The summed E-state index contributed by atoms with van der Waals surface area (Å²) in [5.41, 5.74) is 3.86. The molecule has 0 spiro atoms. The van der Waals surface area contributed by atoms with E-state index in [0.29, 0.717) is 12.1 Å². The van der Waals surface area contributed by atoms with Crippen LogP contribution in [0.15, 0.2) is 30.3 Å². The monoisotopic (exact) mass is 398 g/mol. The minimum absolute atomic E-state index is 0.0536. The van der Waals surface area contributed by atoms with Crippen LogP contribution in [0.5, 0.6) is 0 Å². The van der Waals surface area contributed by atoms with Gasteiger partial charge < -0.3 is 16.2 Å². The van der Waals surface area contributed by atoms with Crippen LogP contribution < -0.4 is 11.1 Å². The van der Waals surface area contributed by atoms with Gasteiger partial charge in [-0.05, 0) is 29.8 Å². The first-order chi connectivity index (χ1) is 13.1. The molecule has 146 valence electrons. The third-order valence-corrected chi connectivity index (χ3v) is 3.36. The molecule has 0 aliphatic carbocycles. The third-order valence-electron chi connectivity index (χ3n) is 3.36. The van der Waals surface area contributed by atoms with E-state index in [1.165, 1.54) is 0 Å². The summed E-state index contributed by atoms with van der Waals surface area (Å²) in [5, 5.41) is 11.7. The number of nitrogens with two attached hydrogens (primary N) is 1. The van der Waals surface area contributed by atoms with E-state index in [1.54, 1.807) is 0 Å². The Labute approximate surface area is 154 Å². The summed E-state index contributed by atoms with van der Waals surface area (Å²) < 4.78 is 65.6. The smallest absolute Gasteiger partial charge is 0.392 e. The van der Waals surface area contributed by atoms with Gasteiger partial charge in [0.05, 0.1) is 6.61 Å². The number of halogens is 5. The number of aromatic nitrogens is 4. The van der Waals surface area contributed by atoms with Gasteiger partial charge in [0.2, 0.25) is 11.9 Å². The first-order valence-corrected chi connectivity index (χ1v) is 7.58. The van der Waals surface area contributed by atoms with Gasteiger partial charge in [-0.2, -0.15) is 28.1 Å². The second kappa shape index (κ2) is 7.31. The molecule has 0 saturated heterocycles. The van der Waals surface area contributed by atoms with E-state index >= 15 is 0 Å². The van der Waals surface area contributed by atoms with E-state index in [9.17, 15) is 27.1 Å². The van der Waals surface area contributed by atoms with Crippen LogP contribution in [-0.2, 0) is 12.8 Å². The molecule has 3 rings (SSSR count). The van der Waals surface area contributed by atoms with Crippen LogP contribution in [0.1, 0.15) is 11.3 Å². The second-order valence-corrected chi connectivity index (χ2v) is 5.53. The lowest BCUT2D eigenvalue weighted by atomic mass is 10.2. The van der Waals surface area contributed by atoms with Crippen molar-refractivity contribution in [3.63, 3.8) is 0 Å². The molecular weight excluding hydrogens is 387 g/mol. The predicted molar refractivity (Wildman–Crippen MR) is 88.0 cm³/mol. The van der Waals surface area contributed by atoms with Crippen LogP contribution in [0.3, 0.4) is 0 Å². The highest BCUT2D eigenvalue weighted by Gasteiger charge is 2.33. The average Bonchev–Trinajstić information content (AvgIpc) is 2.59. The largest absolute Gasteiger partial charge is 0.433 e. The summed E-state index contributed by atoms with van der Waals surface area (Å²) in [6.45, 7) is -0.674. The number of pyridine rings is 1. The zero-order valence-corrected chi connectivity index (χ0v) is 13.8. The SMILES string of the molecule is Nc1nc(Nc2cc(F)cc(F)c2)nc(-c2cc(CO)cc(C(F)(F)F)n2)n1. The van der Waals surface area contributed by atoms with Gasteiger partial charge in [-0.15, -0.1) is 0 Å². The molecule has 0 amide bonds. The van der Waals surface area contributed by atoms with E-state index in [0.717, 1.165) is 18.2 Å².